The van der Waals surface area contributed by atoms with Gasteiger partial charge in [0.1, 0.15) is 23.2 Å². The molecule has 0 saturated heterocycles. The zero-order valence-electron chi connectivity index (χ0n) is 12.0. The van der Waals surface area contributed by atoms with Crippen molar-refractivity contribution in [3.05, 3.63) is 29.6 Å². The Morgan fingerprint density at radius 3 is 2.48 bits per heavy atom. The zero-order chi connectivity index (χ0) is 16.2. The van der Waals surface area contributed by atoms with Crippen molar-refractivity contribution in [3.8, 4) is 5.75 Å². The average molecular weight is 299 g/mol. The number of phenolic OH excluding ortho intramolecular Hbond substituents is 1. The van der Waals surface area contributed by atoms with E-state index in [1.54, 1.807) is 20.8 Å². The maximum absolute atomic E-state index is 12.9. The first-order valence-corrected chi connectivity index (χ1v) is 6.28. The second kappa shape index (κ2) is 6.43. The van der Waals surface area contributed by atoms with Gasteiger partial charge in [0.05, 0.1) is 0 Å². The van der Waals surface area contributed by atoms with Crippen LogP contribution in [0.15, 0.2) is 18.2 Å². The Morgan fingerprint density at radius 2 is 2.00 bits per heavy atom. The SMILES string of the molecule is CC(C)(C)OC(=O)NC(Cc1ccc(F)cc1O)C(=O)O. The predicted octanol–water partition coefficient (Wildman–Crippen LogP) is 2.05. The summed E-state index contributed by atoms with van der Waals surface area (Å²) in [6, 6.07) is 1.94. The summed E-state index contributed by atoms with van der Waals surface area (Å²) in [5, 5.41) is 20.9. The molecule has 0 aliphatic heterocycles. The number of alkyl carbamates (subject to hydrolysis) is 1. The molecule has 1 aromatic rings. The Labute approximate surface area is 121 Å². The first-order chi connectivity index (χ1) is 9.58. The highest BCUT2D eigenvalue weighted by Crippen LogP contribution is 2.20. The van der Waals surface area contributed by atoms with Crippen LogP contribution in [0.1, 0.15) is 26.3 Å². The van der Waals surface area contributed by atoms with Gasteiger partial charge in [-0.05, 0) is 32.4 Å². The molecule has 0 fully saturated rings. The summed E-state index contributed by atoms with van der Waals surface area (Å²) in [6.45, 7) is 4.94. The molecule has 1 aromatic carbocycles. The lowest BCUT2D eigenvalue weighted by Gasteiger charge is -2.22. The molecular formula is C14H18FNO5. The third-order valence-corrected chi connectivity index (χ3v) is 2.46. The van der Waals surface area contributed by atoms with Crippen molar-refractivity contribution in [2.24, 2.45) is 0 Å². The van der Waals surface area contributed by atoms with Gasteiger partial charge >= 0.3 is 12.1 Å². The average Bonchev–Trinajstić information content (AvgIpc) is 2.28. The minimum atomic E-state index is -1.30. The number of aliphatic carboxylic acids is 1. The van der Waals surface area contributed by atoms with Gasteiger partial charge in [-0.1, -0.05) is 6.07 Å². The van der Waals surface area contributed by atoms with Crippen LogP contribution in [-0.4, -0.2) is 33.9 Å². The molecule has 21 heavy (non-hydrogen) atoms. The van der Waals surface area contributed by atoms with Gasteiger partial charge in [-0.3, -0.25) is 0 Å². The molecule has 0 bridgehead atoms. The van der Waals surface area contributed by atoms with E-state index in [2.05, 4.69) is 5.32 Å². The van der Waals surface area contributed by atoms with Gasteiger partial charge < -0.3 is 20.3 Å². The molecule has 0 aliphatic carbocycles. The summed E-state index contributed by atoms with van der Waals surface area (Å²) in [6.07, 6.45) is -1.07. The topological polar surface area (TPSA) is 95.9 Å². The first-order valence-electron chi connectivity index (χ1n) is 6.28. The molecule has 116 valence electrons. The van der Waals surface area contributed by atoms with Gasteiger partial charge in [-0.25, -0.2) is 14.0 Å². The highest BCUT2D eigenvalue weighted by molar-refractivity contribution is 5.80. The number of carboxylic acids is 1. The van der Waals surface area contributed by atoms with E-state index in [0.29, 0.717) is 0 Å². The summed E-state index contributed by atoms with van der Waals surface area (Å²) in [5.41, 5.74) is -0.551. The van der Waals surface area contributed by atoms with Crippen molar-refractivity contribution < 1.29 is 28.9 Å². The molecule has 0 spiro atoms. The number of nitrogens with one attached hydrogen (secondary N) is 1. The summed E-state index contributed by atoms with van der Waals surface area (Å²) in [4.78, 5) is 22.7. The minimum Gasteiger partial charge on any atom is -0.508 e. The van der Waals surface area contributed by atoms with Crippen LogP contribution in [0.25, 0.3) is 0 Å². The number of aromatic hydroxyl groups is 1. The lowest BCUT2D eigenvalue weighted by Crippen LogP contribution is -2.44. The number of carbonyl (C=O) groups excluding carboxylic acids is 1. The first kappa shape index (κ1) is 16.7. The monoisotopic (exact) mass is 299 g/mol. The van der Waals surface area contributed by atoms with Gasteiger partial charge in [0.25, 0.3) is 0 Å². The van der Waals surface area contributed by atoms with Crippen molar-refractivity contribution in [2.75, 3.05) is 0 Å². The molecule has 7 heteroatoms. The number of phenols is 1. The molecule has 0 aromatic heterocycles. The Hall–Kier alpha value is -2.31. The smallest absolute Gasteiger partial charge is 0.408 e. The van der Waals surface area contributed by atoms with E-state index in [0.717, 1.165) is 12.1 Å². The van der Waals surface area contributed by atoms with E-state index in [1.807, 2.05) is 0 Å². The number of carboxylic acid groups (broad SMARTS) is 1. The van der Waals surface area contributed by atoms with Crippen LogP contribution in [0.5, 0.6) is 5.75 Å². The normalized spacial score (nSPS) is 12.6. The Morgan fingerprint density at radius 1 is 1.38 bits per heavy atom. The fourth-order valence-corrected chi connectivity index (χ4v) is 1.58. The number of amides is 1. The van der Waals surface area contributed by atoms with Crippen LogP contribution in [0.2, 0.25) is 0 Å². The van der Waals surface area contributed by atoms with Crippen molar-refractivity contribution in [1.29, 1.82) is 0 Å². The molecular weight excluding hydrogens is 281 g/mol. The Kier molecular flexibility index (Phi) is 5.12. The minimum absolute atomic E-state index is 0.194. The van der Waals surface area contributed by atoms with Crippen molar-refractivity contribution in [3.63, 3.8) is 0 Å². The molecule has 1 atom stereocenters. The fourth-order valence-electron chi connectivity index (χ4n) is 1.58. The maximum atomic E-state index is 12.9. The third kappa shape index (κ3) is 5.68. The molecule has 0 radical (unpaired) electrons. The van der Waals surface area contributed by atoms with Crippen LogP contribution in [0.3, 0.4) is 0 Å². The highest BCUT2D eigenvalue weighted by atomic mass is 19.1. The van der Waals surface area contributed by atoms with E-state index < -0.39 is 29.5 Å². The molecule has 1 unspecified atom stereocenters. The fraction of sp³-hybridized carbons (Fsp3) is 0.429. The highest BCUT2D eigenvalue weighted by Gasteiger charge is 2.25. The van der Waals surface area contributed by atoms with E-state index in [4.69, 9.17) is 9.84 Å². The van der Waals surface area contributed by atoms with Gasteiger partial charge in [0.2, 0.25) is 0 Å². The van der Waals surface area contributed by atoms with Crippen LogP contribution in [0, 0.1) is 5.82 Å². The number of carbonyl (C=O) groups is 2. The van der Waals surface area contributed by atoms with E-state index in [1.165, 1.54) is 6.07 Å². The van der Waals surface area contributed by atoms with Gasteiger partial charge in [0.15, 0.2) is 0 Å². The van der Waals surface area contributed by atoms with Gasteiger partial charge in [-0.2, -0.15) is 0 Å². The summed E-state index contributed by atoms with van der Waals surface area (Å²) in [5.74, 6) is -2.29. The second-order valence-electron chi connectivity index (χ2n) is 5.51. The van der Waals surface area contributed by atoms with Gasteiger partial charge in [0, 0.05) is 12.5 Å². The predicted molar refractivity (Wildman–Crippen MR) is 72.6 cm³/mol. The Balaban J connectivity index is 2.79. The van der Waals surface area contributed by atoms with Gasteiger partial charge in [-0.15, -0.1) is 0 Å². The zero-order valence-corrected chi connectivity index (χ0v) is 12.0. The molecule has 1 rings (SSSR count). The summed E-state index contributed by atoms with van der Waals surface area (Å²) >= 11 is 0. The van der Waals surface area contributed by atoms with Crippen molar-refractivity contribution in [1.82, 2.24) is 5.32 Å². The maximum Gasteiger partial charge on any atom is 0.408 e. The number of halogens is 1. The lowest BCUT2D eigenvalue weighted by atomic mass is 10.0. The molecule has 3 N–H and O–H groups in total. The van der Waals surface area contributed by atoms with E-state index in [-0.39, 0.29) is 17.7 Å². The largest absolute Gasteiger partial charge is 0.508 e. The lowest BCUT2D eigenvalue weighted by molar-refractivity contribution is -0.139. The summed E-state index contributed by atoms with van der Waals surface area (Å²) < 4.78 is 17.8. The third-order valence-electron chi connectivity index (χ3n) is 2.46. The number of ether oxygens (including phenoxy) is 1. The van der Waals surface area contributed by atoms with Crippen LogP contribution >= 0.6 is 0 Å². The van der Waals surface area contributed by atoms with Crippen molar-refractivity contribution in [2.45, 2.75) is 38.8 Å². The number of rotatable bonds is 4. The summed E-state index contributed by atoms with van der Waals surface area (Å²) in [7, 11) is 0. The number of hydrogen-bond donors (Lipinski definition) is 3. The number of benzene rings is 1. The van der Waals surface area contributed by atoms with Crippen molar-refractivity contribution >= 4 is 12.1 Å². The second-order valence-corrected chi connectivity index (χ2v) is 5.51. The quantitative estimate of drug-likeness (QED) is 0.790. The van der Waals surface area contributed by atoms with E-state index in [9.17, 15) is 19.1 Å². The van der Waals surface area contributed by atoms with Crippen LogP contribution < -0.4 is 5.32 Å². The standard InChI is InChI=1S/C14H18FNO5/c1-14(2,3)21-13(20)16-10(12(18)19)6-8-4-5-9(15)7-11(8)17/h4-5,7,10,17H,6H2,1-3H3,(H,16,20)(H,18,19). The van der Waals surface area contributed by atoms with Crippen LogP contribution in [0.4, 0.5) is 9.18 Å². The number of hydrogen-bond acceptors (Lipinski definition) is 4. The Bertz CT molecular complexity index is 539. The molecule has 0 aliphatic rings. The molecule has 0 saturated carbocycles. The molecule has 0 heterocycles. The molecule has 6 nitrogen and oxygen atoms in total. The molecule has 1 amide bonds. The van der Waals surface area contributed by atoms with E-state index >= 15 is 0 Å². The van der Waals surface area contributed by atoms with Crippen LogP contribution in [-0.2, 0) is 16.0 Å².